The summed E-state index contributed by atoms with van der Waals surface area (Å²) in [5, 5.41) is 14.2. The van der Waals surface area contributed by atoms with E-state index in [9.17, 15) is 14.7 Å². The summed E-state index contributed by atoms with van der Waals surface area (Å²) in [6, 6.07) is 22.1. The van der Waals surface area contributed by atoms with Gasteiger partial charge in [-0.1, -0.05) is 42.5 Å². The van der Waals surface area contributed by atoms with E-state index in [-0.39, 0.29) is 11.3 Å². The molecule has 0 radical (unpaired) electrons. The molecule has 36 heavy (non-hydrogen) atoms. The molecule has 0 spiro atoms. The van der Waals surface area contributed by atoms with Crippen LogP contribution in [0.2, 0.25) is 0 Å². The van der Waals surface area contributed by atoms with Crippen molar-refractivity contribution >= 4 is 16.6 Å². The molecule has 6 rings (SSSR count). The Bertz CT molecular complexity index is 1780. The number of phenolic OH excluding ortho intramolecular Hbond substituents is 1. The molecule has 3 aromatic carbocycles. The summed E-state index contributed by atoms with van der Waals surface area (Å²) in [5.41, 5.74) is 4.59. The van der Waals surface area contributed by atoms with Crippen molar-refractivity contribution in [3.05, 3.63) is 105 Å². The minimum absolute atomic E-state index is 0.0818. The second kappa shape index (κ2) is 7.91. The molecule has 0 amide bonds. The number of hydrogen-bond acceptors (Lipinski definition) is 5. The number of rotatable bonds is 3. The number of nitrogens with zero attached hydrogens (tertiary/aromatic N) is 3. The summed E-state index contributed by atoms with van der Waals surface area (Å²) in [5.74, 6) is 0.571. The Balaban J connectivity index is 1.86. The van der Waals surface area contributed by atoms with E-state index in [1.54, 1.807) is 32.4 Å². The summed E-state index contributed by atoms with van der Waals surface area (Å²) in [4.78, 5) is 26.8. The topological polar surface area (TPSA) is 90.4 Å². The van der Waals surface area contributed by atoms with Crippen molar-refractivity contribution in [2.75, 3.05) is 12.4 Å². The van der Waals surface area contributed by atoms with Crippen LogP contribution in [0.4, 0.5) is 5.69 Å². The minimum Gasteiger partial charge on any atom is -0.508 e. The number of aryl methyl sites for hydroxylation is 1. The molecule has 1 aliphatic rings. The van der Waals surface area contributed by atoms with Gasteiger partial charge in [0.1, 0.15) is 11.5 Å². The van der Waals surface area contributed by atoms with Crippen LogP contribution in [0.3, 0.4) is 0 Å². The lowest BCUT2D eigenvalue weighted by Crippen LogP contribution is -2.37. The predicted molar refractivity (Wildman–Crippen MR) is 139 cm³/mol. The number of nitrogens with one attached hydrogen (secondary N) is 1. The minimum atomic E-state index is -0.479. The van der Waals surface area contributed by atoms with Crippen LogP contribution in [0.5, 0.6) is 11.5 Å². The fourth-order valence-electron chi connectivity index (χ4n) is 5.26. The number of aromatic hydroxyl groups is 1. The summed E-state index contributed by atoms with van der Waals surface area (Å²) < 4.78 is 10.4. The highest BCUT2D eigenvalue weighted by molar-refractivity contribution is 5.99. The maximum absolute atomic E-state index is 13.7. The number of para-hydroxylation sites is 2. The molecule has 2 N–H and O–H groups in total. The molecule has 0 fully saturated rings. The molecular weight excluding hydrogens is 456 g/mol. The van der Waals surface area contributed by atoms with E-state index < -0.39 is 11.7 Å². The zero-order valence-electron chi connectivity index (χ0n) is 20.0. The lowest BCUT2D eigenvalue weighted by atomic mass is 9.98. The van der Waals surface area contributed by atoms with Gasteiger partial charge in [-0.05, 0) is 29.8 Å². The molecule has 0 unspecified atom stereocenters. The van der Waals surface area contributed by atoms with E-state index in [0.717, 1.165) is 32.8 Å². The van der Waals surface area contributed by atoms with Crippen LogP contribution in [-0.4, -0.2) is 25.9 Å². The lowest BCUT2D eigenvalue weighted by Gasteiger charge is -2.31. The van der Waals surface area contributed by atoms with E-state index in [4.69, 9.17) is 4.74 Å². The second-order valence-corrected chi connectivity index (χ2v) is 8.89. The molecule has 8 nitrogen and oxygen atoms in total. The van der Waals surface area contributed by atoms with Gasteiger partial charge in [0, 0.05) is 25.7 Å². The number of methoxy groups -OCH3 is 1. The van der Waals surface area contributed by atoms with Gasteiger partial charge >= 0.3 is 5.69 Å². The Hall–Kier alpha value is -4.72. The molecule has 2 aromatic heterocycles. The number of anilines is 1. The van der Waals surface area contributed by atoms with Gasteiger partial charge in [-0.2, -0.15) is 0 Å². The van der Waals surface area contributed by atoms with E-state index in [0.29, 0.717) is 22.3 Å². The molecule has 1 aliphatic heterocycles. The van der Waals surface area contributed by atoms with Gasteiger partial charge in [0.2, 0.25) is 0 Å². The maximum atomic E-state index is 13.7. The van der Waals surface area contributed by atoms with Gasteiger partial charge in [-0.3, -0.25) is 13.9 Å². The Morgan fingerprint density at radius 3 is 2.39 bits per heavy atom. The number of aromatic nitrogens is 3. The summed E-state index contributed by atoms with van der Waals surface area (Å²) in [6.07, 6.45) is 0. The SMILES string of the molecule is COc1cc(O)ccc1[C@H]1Nc2ccccc2-n2c(-c3ccccc3)c3c(=O)n(C)c(=O)n(C)c3c21. The molecule has 8 heteroatoms. The quantitative estimate of drug-likeness (QED) is 0.409. The molecule has 3 heterocycles. The van der Waals surface area contributed by atoms with Crippen molar-refractivity contribution < 1.29 is 9.84 Å². The third-order valence-corrected chi connectivity index (χ3v) is 6.90. The molecule has 0 bridgehead atoms. The smallest absolute Gasteiger partial charge is 0.331 e. The zero-order valence-corrected chi connectivity index (χ0v) is 20.0. The molecule has 5 aromatic rings. The van der Waals surface area contributed by atoms with Crippen LogP contribution in [0, 0.1) is 0 Å². The van der Waals surface area contributed by atoms with Gasteiger partial charge in [0.05, 0.1) is 46.8 Å². The standard InChI is InChI=1S/C28H24N4O4/c1-30-25-22(27(34)31(2)28(30)35)24(16-9-5-4-6-10-16)32-20-12-8-7-11-19(20)29-23(26(25)32)18-14-13-17(33)15-21(18)36-3/h4-15,23,29,33H,1-3H3/t23-/m1/s1. The highest BCUT2D eigenvalue weighted by Crippen LogP contribution is 2.47. The first-order valence-corrected chi connectivity index (χ1v) is 11.5. The maximum Gasteiger partial charge on any atom is 0.331 e. The average molecular weight is 481 g/mol. The van der Waals surface area contributed by atoms with Crippen LogP contribution in [0.1, 0.15) is 17.3 Å². The van der Waals surface area contributed by atoms with Crippen molar-refractivity contribution in [3.63, 3.8) is 0 Å². The number of fused-ring (bicyclic) bond motifs is 5. The average Bonchev–Trinajstić information content (AvgIpc) is 3.27. The Morgan fingerprint density at radius 1 is 0.917 bits per heavy atom. The van der Waals surface area contributed by atoms with E-state index in [1.165, 1.54) is 11.6 Å². The van der Waals surface area contributed by atoms with Crippen LogP contribution >= 0.6 is 0 Å². The Kier molecular flexibility index (Phi) is 4.79. The van der Waals surface area contributed by atoms with Gasteiger partial charge < -0.3 is 19.7 Å². The van der Waals surface area contributed by atoms with Crippen LogP contribution in [0.15, 0.2) is 82.4 Å². The van der Waals surface area contributed by atoms with Crippen LogP contribution < -0.4 is 21.3 Å². The lowest BCUT2D eigenvalue weighted by molar-refractivity contribution is 0.401. The highest BCUT2D eigenvalue weighted by Gasteiger charge is 2.35. The highest BCUT2D eigenvalue weighted by atomic mass is 16.5. The van der Waals surface area contributed by atoms with Crippen molar-refractivity contribution in [2.45, 2.75) is 6.04 Å². The van der Waals surface area contributed by atoms with Gasteiger partial charge in [0.15, 0.2) is 0 Å². The van der Waals surface area contributed by atoms with Crippen molar-refractivity contribution in [2.24, 2.45) is 14.1 Å². The fraction of sp³-hybridized carbons (Fsp3) is 0.143. The molecular formula is C28H24N4O4. The number of benzene rings is 3. The number of ether oxygens (including phenoxy) is 1. The van der Waals surface area contributed by atoms with Crippen LogP contribution in [0.25, 0.3) is 27.8 Å². The van der Waals surface area contributed by atoms with Crippen molar-refractivity contribution in [3.8, 4) is 28.4 Å². The van der Waals surface area contributed by atoms with E-state index in [2.05, 4.69) is 9.88 Å². The Labute approximate surface area is 206 Å². The Morgan fingerprint density at radius 2 is 1.64 bits per heavy atom. The normalized spacial score (nSPS) is 14.2. The van der Waals surface area contributed by atoms with Crippen molar-refractivity contribution in [1.82, 2.24) is 13.7 Å². The second-order valence-electron chi connectivity index (χ2n) is 8.89. The predicted octanol–water partition coefficient (Wildman–Crippen LogP) is 3.92. The van der Waals surface area contributed by atoms with Gasteiger partial charge in [-0.15, -0.1) is 0 Å². The van der Waals surface area contributed by atoms with Gasteiger partial charge in [0.25, 0.3) is 5.56 Å². The third-order valence-electron chi connectivity index (χ3n) is 6.90. The molecule has 1 atom stereocenters. The summed E-state index contributed by atoms with van der Waals surface area (Å²) in [7, 11) is 4.74. The molecule has 0 aliphatic carbocycles. The first kappa shape index (κ1) is 21.8. The summed E-state index contributed by atoms with van der Waals surface area (Å²) in [6.45, 7) is 0. The molecule has 0 saturated heterocycles. The van der Waals surface area contributed by atoms with Gasteiger partial charge in [-0.25, -0.2) is 4.79 Å². The summed E-state index contributed by atoms with van der Waals surface area (Å²) >= 11 is 0. The van der Waals surface area contributed by atoms with E-state index >= 15 is 0 Å². The fourth-order valence-corrected chi connectivity index (χ4v) is 5.26. The van der Waals surface area contributed by atoms with Crippen molar-refractivity contribution in [1.29, 1.82) is 0 Å². The zero-order chi connectivity index (χ0) is 25.1. The molecule has 0 saturated carbocycles. The largest absolute Gasteiger partial charge is 0.508 e. The first-order valence-electron chi connectivity index (χ1n) is 11.5. The number of hydrogen-bond donors (Lipinski definition) is 2. The molecule has 180 valence electrons. The monoisotopic (exact) mass is 480 g/mol. The number of phenols is 1. The third kappa shape index (κ3) is 2.94. The van der Waals surface area contributed by atoms with E-state index in [1.807, 2.05) is 54.6 Å². The first-order chi connectivity index (χ1) is 17.4. The van der Waals surface area contributed by atoms with Crippen LogP contribution in [-0.2, 0) is 14.1 Å².